The first-order valence-corrected chi connectivity index (χ1v) is 6.01. The number of nitrogen functional groups attached to an aromatic ring is 1. The van der Waals surface area contributed by atoms with E-state index in [1.54, 1.807) is 19.2 Å². The Labute approximate surface area is 111 Å². The topological polar surface area (TPSA) is 79.5 Å². The fourth-order valence-electron chi connectivity index (χ4n) is 1.61. The van der Waals surface area contributed by atoms with Gasteiger partial charge in [-0.05, 0) is 18.2 Å². The predicted octanol–water partition coefficient (Wildman–Crippen LogP) is 1.25. The molecule has 2 aromatic rings. The van der Waals surface area contributed by atoms with Gasteiger partial charge in [-0.2, -0.15) is 0 Å². The smallest absolute Gasteiger partial charge is 0.224 e. The molecule has 19 heavy (non-hydrogen) atoms. The van der Waals surface area contributed by atoms with E-state index >= 15 is 0 Å². The highest BCUT2D eigenvalue weighted by atomic mass is 16.5. The number of nitrogens with two attached hydrogens (primary N) is 1. The quantitative estimate of drug-likeness (QED) is 0.598. The van der Waals surface area contributed by atoms with E-state index in [1.165, 1.54) is 6.33 Å². The molecule has 0 spiro atoms. The second-order valence-corrected chi connectivity index (χ2v) is 3.91. The maximum absolute atomic E-state index is 5.71. The van der Waals surface area contributed by atoms with Crippen molar-refractivity contribution in [3.8, 4) is 5.88 Å². The monoisotopic (exact) mass is 263 g/mol. The standard InChI is InChI=1S/C13H17N3O3/c1-17-4-5-18-6-7-19-13-11-3-2-10(14)8-12(11)15-9-16-13/h2-3,8-9H,4-7,14H2,1H3. The van der Waals surface area contributed by atoms with Gasteiger partial charge in [0, 0.05) is 12.8 Å². The predicted molar refractivity (Wildman–Crippen MR) is 72.1 cm³/mol. The van der Waals surface area contributed by atoms with Crippen molar-refractivity contribution >= 4 is 16.6 Å². The van der Waals surface area contributed by atoms with E-state index in [0.717, 1.165) is 10.9 Å². The molecule has 0 saturated carbocycles. The number of benzene rings is 1. The lowest BCUT2D eigenvalue weighted by Crippen LogP contribution is -2.10. The Bertz CT molecular complexity index is 534. The summed E-state index contributed by atoms with van der Waals surface area (Å²) in [6, 6.07) is 5.44. The molecule has 0 unspecified atom stereocenters. The molecule has 0 saturated heterocycles. The van der Waals surface area contributed by atoms with Crippen LogP contribution in [-0.4, -0.2) is 43.5 Å². The van der Waals surface area contributed by atoms with Gasteiger partial charge in [0.25, 0.3) is 0 Å². The minimum absolute atomic E-state index is 0.431. The fourth-order valence-corrected chi connectivity index (χ4v) is 1.61. The van der Waals surface area contributed by atoms with Gasteiger partial charge in [-0.25, -0.2) is 9.97 Å². The minimum atomic E-state index is 0.431. The SMILES string of the molecule is COCCOCCOc1ncnc2cc(N)ccc12. The third-order valence-electron chi connectivity index (χ3n) is 2.52. The molecule has 102 valence electrons. The van der Waals surface area contributed by atoms with E-state index < -0.39 is 0 Å². The molecule has 2 N–H and O–H groups in total. The van der Waals surface area contributed by atoms with E-state index in [-0.39, 0.29) is 0 Å². The number of rotatable bonds is 7. The van der Waals surface area contributed by atoms with Crippen LogP contribution in [0.4, 0.5) is 5.69 Å². The van der Waals surface area contributed by atoms with Crippen LogP contribution in [0.2, 0.25) is 0 Å². The zero-order valence-electron chi connectivity index (χ0n) is 10.8. The first-order chi connectivity index (χ1) is 9.31. The van der Waals surface area contributed by atoms with Crippen molar-refractivity contribution in [2.45, 2.75) is 0 Å². The summed E-state index contributed by atoms with van der Waals surface area (Å²) < 4.78 is 15.8. The molecule has 0 atom stereocenters. The van der Waals surface area contributed by atoms with Gasteiger partial charge in [-0.1, -0.05) is 0 Å². The van der Waals surface area contributed by atoms with Crippen LogP contribution in [0.15, 0.2) is 24.5 Å². The molecule has 2 rings (SSSR count). The summed E-state index contributed by atoms with van der Waals surface area (Å²) in [5.41, 5.74) is 7.14. The average Bonchev–Trinajstić information content (AvgIpc) is 2.42. The summed E-state index contributed by atoms with van der Waals surface area (Å²) in [6.07, 6.45) is 1.46. The van der Waals surface area contributed by atoms with Crippen molar-refractivity contribution in [2.24, 2.45) is 0 Å². The van der Waals surface area contributed by atoms with Gasteiger partial charge in [-0.3, -0.25) is 0 Å². The van der Waals surface area contributed by atoms with Crippen LogP contribution < -0.4 is 10.5 Å². The molecule has 0 amide bonds. The van der Waals surface area contributed by atoms with Crippen molar-refractivity contribution in [2.75, 3.05) is 39.3 Å². The summed E-state index contributed by atoms with van der Waals surface area (Å²) in [4.78, 5) is 8.27. The number of aromatic nitrogens is 2. The second kappa shape index (κ2) is 6.86. The molecule has 0 aliphatic heterocycles. The minimum Gasteiger partial charge on any atom is -0.475 e. The number of hydrogen-bond donors (Lipinski definition) is 1. The van der Waals surface area contributed by atoms with E-state index in [1.807, 2.05) is 6.07 Å². The normalized spacial score (nSPS) is 10.8. The highest BCUT2D eigenvalue weighted by molar-refractivity contribution is 5.85. The number of fused-ring (bicyclic) bond motifs is 1. The Morgan fingerprint density at radius 1 is 1.11 bits per heavy atom. The van der Waals surface area contributed by atoms with Crippen LogP contribution in [0.3, 0.4) is 0 Å². The van der Waals surface area contributed by atoms with Crippen LogP contribution in [0, 0.1) is 0 Å². The van der Waals surface area contributed by atoms with Crippen LogP contribution in [-0.2, 0) is 9.47 Å². The number of methoxy groups -OCH3 is 1. The molecule has 1 heterocycles. The Hall–Kier alpha value is -1.92. The first kappa shape index (κ1) is 13.5. The zero-order valence-corrected chi connectivity index (χ0v) is 10.8. The van der Waals surface area contributed by atoms with Crippen molar-refractivity contribution in [3.05, 3.63) is 24.5 Å². The summed E-state index contributed by atoms with van der Waals surface area (Å²) >= 11 is 0. The molecule has 1 aromatic heterocycles. The zero-order chi connectivity index (χ0) is 13.5. The van der Waals surface area contributed by atoms with Crippen LogP contribution in [0.1, 0.15) is 0 Å². The highest BCUT2D eigenvalue weighted by Crippen LogP contribution is 2.22. The van der Waals surface area contributed by atoms with Crippen LogP contribution >= 0.6 is 0 Å². The van der Waals surface area contributed by atoms with Gasteiger partial charge in [0.1, 0.15) is 12.9 Å². The largest absolute Gasteiger partial charge is 0.475 e. The van der Waals surface area contributed by atoms with Gasteiger partial charge in [0.15, 0.2) is 0 Å². The lowest BCUT2D eigenvalue weighted by atomic mass is 10.2. The molecular weight excluding hydrogens is 246 g/mol. The molecule has 6 heteroatoms. The van der Waals surface area contributed by atoms with Crippen molar-refractivity contribution in [1.29, 1.82) is 0 Å². The average molecular weight is 263 g/mol. The van der Waals surface area contributed by atoms with E-state index in [4.69, 9.17) is 19.9 Å². The second-order valence-electron chi connectivity index (χ2n) is 3.91. The van der Waals surface area contributed by atoms with E-state index in [2.05, 4.69) is 9.97 Å². The van der Waals surface area contributed by atoms with Crippen molar-refractivity contribution in [3.63, 3.8) is 0 Å². The molecule has 0 aliphatic rings. The maximum Gasteiger partial charge on any atom is 0.224 e. The van der Waals surface area contributed by atoms with Crippen molar-refractivity contribution < 1.29 is 14.2 Å². The molecule has 0 radical (unpaired) electrons. The molecule has 0 fully saturated rings. The summed E-state index contributed by atoms with van der Waals surface area (Å²) in [6.45, 7) is 2.06. The Morgan fingerprint density at radius 3 is 2.79 bits per heavy atom. The molecule has 0 bridgehead atoms. The third-order valence-corrected chi connectivity index (χ3v) is 2.52. The number of ether oxygens (including phenoxy) is 3. The Kier molecular flexibility index (Phi) is 4.88. The van der Waals surface area contributed by atoms with Crippen LogP contribution in [0.25, 0.3) is 10.9 Å². The van der Waals surface area contributed by atoms with Gasteiger partial charge in [0.2, 0.25) is 5.88 Å². The Morgan fingerprint density at radius 2 is 1.95 bits per heavy atom. The summed E-state index contributed by atoms with van der Waals surface area (Å²) in [7, 11) is 1.64. The summed E-state index contributed by atoms with van der Waals surface area (Å²) in [5.74, 6) is 0.542. The fraction of sp³-hybridized carbons (Fsp3) is 0.385. The lowest BCUT2D eigenvalue weighted by Gasteiger charge is -2.08. The number of nitrogens with zero attached hydrogens (tertiary/aromatic N) is 2. The van der Waals surface area contributed by atoms with Gasteiger partial charge in [-0.15, -0.1) is 0 Å². The van der Waals surface area contributed by atoms with Crippen LogP contribution in [0.5, 0.6) is 5.88 Å². The van der Waals surface area contributed by atoms with E-state index in [9.17, 15) is 0 Å². The summed E-state index contributed by atoms with van der Waals surface area (Å²) in [5, 5.41) is 0.841. The number of anilines is 1. The Balaban J connectivity index is 1.93. The first-order valence-electron chi connectivity index (χ1n) is 6.01. The molecular formula is C13H17N3O3. The van der Waals surface area contributed by atoms with Gasteiger partial charge >= 0.3 is 0 Å². The molecule has 1 aromatic carbocycles. The van der Waals surface area contributed by atoms with Gasteiger partial charge in [0.05, 0.1) is 30.7 Å². The lowest BCUT2D eigenvalue weighted by molar-refractivity contribution is 0.0539. The molecule has 0 aliphatic carbocycles. The van der Waals surface area contributed by atoms with Crippen molar-refractivity contribution in [1.82, 2.24) is 9.97 Å². The van der Waals surface area contributed by atoms with Gasteiger partial charge < -0.3 is 19.9 Å². The maximum atomic E-state index is 5.71. The van der Waals surface area contributed by atoms with E-state index in [0.29, 0.717) is 38.0 Å². The number of hydrogen-bond acceptors (Lipinski definition) is 6. The third kappa shape index (κ3) is 3.77. The molecule has 6 nitrogen and oxygen atoms in total. The highest BCUT2D eigenvalue weighted by Gasteiger charge is 2.04.